The van der Waals surface area contributed by atoms with Crippen molar-refractivity contribution < 1.29 is 13.2 Å². The van der Waals surface area contributed by atoms with Crippen molar-refractivity contribution in [2.45, 2.75) is 31.8 Å². The summed E-state index contributed by atoms with van der Waals surface area (Å²) in [7, 11) is -3.39. The van der Waals surface area contributed by atoms with E-state index < -0.39 is 10.0 Å². The fourth-order valence-electron chi connectivity index (χ4n) is 3.87. The Bertz CT molecular complexity index is 698. The van der Waals surface area contributed by atoms with Gasteiger partial charge in [0.2, 0.25) is 10.0 Å². The zero-order valence-electron chi connectivity index (χ0n) is 16.8. The Hall–Kier alpha value is -0.990. The molecular formula is C20H33N3O3S. The zero-order valence-corrected chi connectivity index (χ0v) is 17.6. The van der Waals surface area contributed by atoms with E-state index in [1.807, 2.05) is 19.1 Å². The van der Waals surface area contributed by atoms with Crippen molar-refractivity contribution >= 4 is 10.0 Å². The maximum atomic E-state index is 12.8. The van der Waals surface area contributed by atoms with E-state index in [-0.39, 0.29) is 6.10 Å². The van der Waals surface area contributed by atoms with Crippen molar-refractivity contribution in [1.82, 2.24) is 14.1 Å². The summed E-state index contributed by atoms with van der Waals surface area (Å²) in [6.07, 6.45) is 0.220. The van der Waals surface area contributed by atoms with E-state index in [1.54, 1.807) is 16.4 Å². The lowest BCUT2D eigenvalue weighted by Gasteiger charge is -2.39. The highest BCUT2D eigenvalue weighted by Crippen LogP contribution is 2.19. The zero-order chi connectivity index (χ0) is 19.4. The predicted octanol–water partition coefficient (Wildman–Crippen LogP) is 1.66. The van der Waals surface area contributed by atoms with Crippen molar-refractivity contribution in [2.75, 3.05) is 59.0 Å². The van der Waals surface area contributed by atoms with Gasteiger partial charge in [-0.1, -0.05) is 31.5 Å². The van der Waals surface area contributed by atoms with Crippen molar-refractivity contribution in [2.24, 2.45) is 5.92 Å². The van der Waals surface area contributed by atoms with Gasteiger partial charge in [-0.25, -0.2) is 8.42 Å². The highest BCUT2D eigenvalue weighted by Gasteiger charge is 2.30. The molecule has 27 heavy (non-hydrogen) atoms. The highest BCUT2D eigenvalue weighted by molar-refractivity contribution is 7.89. The number of sulfonamides is 1. The van der Waals surface area contributed by atoms with Crippen LogP contribution in [0.3, 0.4) is 0 Å². The Labute approximate surface area is 164 Å². The summed E-state index contributed by atoms with van der Waals surface area (Å²) in [5, 5.41) is 0. The summed E-state index contributed by atoms with van der Waals surface area (Å²) >= 11 is 0. The van der Waals surface area contributed by atoms with E-state index in [4.69, 9.17) is 4.74 Å². The molecule has 0 aromatic heterocycles. The second-order valence-corrected chi connectivity index (χ2v) is 10.1. The van der Waals surface area contributed by atoms with E-state index in [2.05, 4.69) is 23.6 Å². The molecule has 0 bridgehead atoms. The van der Waals surface area contributed by atoms with Gasteiger partial charge in [-0.3, -0.25) is 9.80 Å². The number of hydrogen-bond acceptors (Lipinski definition) is 5. The van der Waals surface area contributed by atoms with E-state index in [9.17, 15) is 8.42 Å². The fraction of sp³-hybridized carbons (Fsp3) is 0.700. The van der Waals surface area contributed by atoms with Crippen molar-refractivity contribution in [1.29, 1.82) is 0 Å². The van der Waals surface area contributed by atoms with Gasteiger partial charge in [0.1, 0.15) is 0 Å². The van der Waals surface area contributed by atoms with Crippen LogP contribution in [0.4, 0.5) is 0 Å². The van der Waals surface area contributed by atoms with E-state index in [0.717, 1.165) is 51.4 Å². The number of nitrogens with zero attached hydrogens (tertiary/aromatic N) is 3. The van der Waals surface area contributed by atoms with E-state index in [1.165, 1.54) is 0 Å². The molecule has 1 atom stereocenters. The minimum absolute atomic E-state index is 0.220. The van der Waals surface area contributed by atoms with Crippen molar-refractivity contribution in [3.63, 3.8) is 0 Å². The summed E-state index contributed by atoms with van der Waals surface area (Å²) < 4.78 is 33.2. The summed E-state index contributed by atoms with van der Waals surface area (Å²) in [6, 6.07) is 7.12. The molecule has 2 fully saturated rings. The largest absolute Gasteiger partial charge is 0.374 e. The SMILES string of the molecule is Cc1ccc(S(=O)(=O)N2CCN(C[C@@H]3CN(CC(C)C)CCO3)CC2)cc1. The van der Waals surface area contributed by atoms with Crippen LogP contribution < -0.4 is 0 Å². The first-order chi connectivity index (χ1) is 12.8. The molecule has 0 amide bonds. The molecule has 0 radical (unpaired) electrons. The molecule has 3 rings (SSSR count). The summed E-state index contributed by atoms with van der Waals surface area (Å²) in [6.45, 7) is 13.8. The minimum atomic E-state index is -3.39. The summed E-state index contributed by atoms with van der Waals surface area (Å²) in [5.41, 5.74) is 1.07. The van der Waals surface area contributed by atoms with Crippen LogP contribution in [0.2, 0.25) is 0 Å². The predicted molar refractivity (Wildman–Crippen MR) is 107 cm³/mol. The molecule has 0 saturated carbocycles. The first-order valence-electron chi connectivity index (χ1n) is 9.98. The van der Waals surface area contributed by atoms with Crippen LogP contribution in [0.1, 0.15) is 19.4 Å². The Morgan fingerprint density at radius 2 is 1.70 bits per heavy atom. The van der Waals surface area contributed by atoms with Crippen LogP contribution >= 0.6 is 0 Å². The van der Waals surface area contributed by atoms with Gasteiger partial charge in [0.15, 0.2) is 0 Å². The van der Waals surface area contributed by atoms with Crippen LogP contribution in [-0.4, -0.2) is 87.6 Å². The Morgan fingerprint density at radius 1 is 1.04 bits per heavy atom. The van der Waals surface area contributed by atoms with E-state index >= 15 is 0 Å². The second-order valence-electron chi connectivity index (χ2n) is 8.16. The normalized spacial score (nSPS) is 23.8. The van der Waals surface area contributed by atoms with Gasteiger partial charge in [0.05, 0.1) is 17.6 Å². The molecule has 7 heteroatoms. The average Bonchev–Trinajstić information content (AvgIpc) is 2.62. The lowest BCUT2D eigenvalue weighted by atomic mass is 10.1. The maximum absolute atomic E-state index is 12.8. The topological polar surface area (TPSA) is 53.1 Å². The molecule has 0 unspecified atom stereocenters. The molecule has 6 nitrogen and oxygen atoms in total. The molecule has 2 heterocycles. The van der Waals surface area contributed by atoms with Gasteiger partial charge >= 0.3 is 0 Å². The standard InChI is InChI=1S/C20H33N3O3S/c1-17(2)14-22-12-13-26-19(16-22)15-21-8-10-23(11-9-21)27(24,25)20-6-4-18(3)5-7-20/h4-7,17,19H,8-16H2,1-3H3/t19-/m1/s1. The molecule has 0 N–H and O–H groups in total. The van der Waals surface area contributed by atoms with Gasteiger partial charge in [-0.2, -0.15) is 4.31 Å². The first-order valence-corrected chi connectivity index (χ1v) is 11.4. The Kier molecular flexibility index (Phi) is 6.92. The van der Waals surface area contributed by atoms with Gasteiger partial charge in [0.25, 0.3) is 0 Å². The summed E-state index contributed by atoms with van der Waals surface area (Å²) in [5.74, 6) is 0.666. The number of ether oxygens (including phenoxy) is 1. The smallest absolute Gasteiger partial charge is 0.243 e. The van der Waals surface area contributed by atoms with Crippen LogP contribution in [0, 0.1) is 12.8 Å². The molecule has 0 aliphatic carbocycles. The Balaban J connectivity index is 1.50. The molecule has 1 aromatic rings. The third kappa shape index (κ3) is 5.51. The highest BCUT2D eigenvalue weighted by atomic mass is 32.2. The van der Waals surface area contributed by atoms with Crippen LogP contribution in [0.25, 0.3) is 0 Å². The number of hydrogen-bond donors (Lipinski definition) is 0. The van der Waals surface area contributed by atoms with Crippen molar-refractivity contribution in [3.05, 3.63) is 29.8 Å². The lowest BCUT2D eigenvalue weighted by molar-refractivity contribution is -0.0486. The quantitative estimate of drug-likeness (QED) is 0.733. The number of piperazine rings is 1. The fourth-order valence-corrected chi connectivity index (χ4v) is 5.30. The van der Waals surface area contributed by atoms with Gasteiger partial charge in [-0.15, -0.1) is 0 Å². The number of benzene rings is 1. The number of rotatable bonds is 6. The van der Waals surface area contributed by atoms with Crippen LogP contribution in [0.15, 0.2) is 29.2 Å². The second kappa shape index (κ2) is 9.01. The molecule has 0 spiro atoms. The van der Waals surface area contributed by atoms with Crippen LogP contribution in [-0.2, 0) is 14.8 Å². The molecule has 2 aliphatic rings. The number of morpholine rings is 1. The van der Waals surface area contributed by atoms with Gasteiger partial charge < -0.3 is 4.74 Å². The lowest BCUT2D eigenvalue weighted by Crippen LogP contribution is -2.53. The molecule has 2 saturated heterocycles. The van der Waals surface area contributed by atoms with E-state index in [0.29, 0.717) is 23.9 Å². The van der Waals surface area contributed by atoms with Gasteiger partial charge in [-0.05, 0) is 25.0 Å². The number of aryl methyl sites for hydroxylation is 1. The maximum Gasteiger partial charge on any atom is 0.243 e. The monoisotopic (exact) mass is 395 g/mol. The van der Waals surface area contributed by atoms with Crippen molar-refractivity contribution in [3.8, 4) is 0 Å². The molecule has 2 aliphatic heterocycles. The third-order valence-corrected chi connectivity index (χ3v) is 7.21. The molecule has 1 aromatic carbocycles. The van der Waals surface area contributed by atoms with Gasteiger partial charge in [0, 0.05) is 52.4 Å². The molecular weight excluding hydrogens is 362 g/mol. The minimum Gasteiger partial charge on any atom is -0.374 e. The Morgan fingerprint density at radius 3 is 2.33 bits per heavy atom. The third-order valence-electron chi connectivity index (χ3n) is 5.30. The first kappa shape index (κ1) is 20.7. The van der Waals surface area contributed by atoms with Crippen LogP contribution in [0.5, 0.6) is 0 Å². The summed E-state index contributed by atoms with van der Waals surface area (Å²) in [4.78, 5) is 5.21. The average molecular weight is 396 g/mol. The molecule has 152 valence electrons.